The minimum atomic E-state index is -0.319. The summed E-state index contributed by atoms with van der Waals surface area (Å²) in [6.45, 7) is 1.73. The average Bonchev–Trinajstić information content (AvgIpc) is 2.68. The van der Waals surface area contributed by atoms with Crippen LogP contribution >= 0.6 is 15.9 Å². The van der Waals surface area contributed by atoms with Crippen molar-refractivity contribution in [3.8, 4) is 0 Å². The highest BCUT2D eigenvalue weighted by Gasteiger charge is 2.10. The molecule has 0 bridgehead atoms. The molecule has 2 aromatic heterocycles. The van der Waals surface area contributed by atoms with E-state index in [0.717, 1.165) is 0 Å². The number of amides is 1. The molecule has 1 N–H and O–H groups in total. The molecular weight excluding hydrogens is 274 g/mol. The molecule has 5 nitrogen and oxygen atoms in total. The second-order valence-corrected chi connectivity index (χ2v) is 3.96. The molecule has 0 spiro atoms. The standard InChI is InChI=1S/C10H8BrN3O2/c1-6-4-8(14-16-6)10(15)13-7-2-3-9(11)12-5-7/h2-5H,1H3,(H,13,15). The summed E-state index contributed by atoms with van der Waals surface area (Å²) in [5, 5.41) is 6.27. The smallest absolute Gasteiger partial charge is 0.277 e. The number of nitrogens with zero attached hydrogens (tertiary/aromatic N) is 2. The van der Waals surface area contributed by atoms with Crippen LogP contribution in [0.3, 0.4) is 0 Å². The third-order valence-electron chi connectivity index (χ3n) is 1.85. The highest BCUT2D eigenvalue weighted by atomic mass is 79.9. The van der Waals surface area contributed by atoms with Crippen LogP contribution in [-0.2, 0) is 0 Å². The quantitative estimate of drug-likeness (QED) is 0.859. The van der Waals surface area contributed by atoms with Crippen molar-refractivity contribution in [3.05, 3.63) is 40.5 Å². The Kier molecular flexibility index (Phi) is 3.00. The Balaban J connectivity index is 2.10. The molecule has 0 atom stereocenters. The zero-order chi connectivity index (χ0) is 11.5. The van der Waals surface area contributed by atoms with Gasteiger partial charge in [-0.25, -0.2) is 4.98 Å². The highest BCUT2D eigenvalue weighted by Crippen LogP contribution is 2.11. The van der Waals surface area contributed by atoms with Crippen LogP contribution in [0, 0.1) is 6.92 Å². The van der Waals surface area contributed by atoms with E-state index in [4.69, 9.17) is 4.52 Å². The van der Waals surface area contributed by atoms with E-state index in [1.54, 1.807) is 31.3 Å². The van der Waals surface area contributed by atoms with Crippen LogP contribution < -0.4 is 5.32 Å². The maximum atomic E-state index is 11.6. The van der Waals surface area contributed by atoms with Crippen LogP contribution in [0.1, 0.15) is 16.2 Å². The number of anilines is 1. The molecule has 0 aliphatic carbocycles. The normalized spacial score (nSPS) is 10.1. The van der Waals surface area contributed by atoms with Crippen LogP contribution in [-0.4, -0.2) is 16.0 Å². The number of hydrogen-bond donors (Lipinski definition) is 1. The predicted molar refractivity (Wildman–Crippen MR) is 61.1 cm³/mol. The first-order valence-electron chi connectivity index (χ1n) is 4.51. The van der Waals surface area contributed by atoms with Gasteiger partial charge in [0.15, 0.2) is 5.69 Å². The Morgan fingerprint density at radius 2 is 2.31 bits per heavy atom. The van der Waals surface area contributed by atoms with Crippen molar-refractivity contribution in [2.45, 2.75) is 6.92 Å². The molecule has 2 rings (SSSR count). The second-order valence-electron chi connectivity index (χ2n) is 3.15. The number of carbonyl (C=O) groups excluding carboxylic acids is 1. The summed E-state index contributed by atoms with van der Waals surface area (Å²) in [5.41, 5.74) is 0.856. The Morgan fingerprint density at radius 1 is 1.50 bits per heavy atom. The van der Waals surface area contributed by atoms with Gasteiger partial charge in [-0.3, -0.25) is 4.79 Å². The summed E-state index contributed by atoms with van der Waals surface area (Å²) in [7, 11) is 0. The number of carbonyl (C=O) groups is 1. The number of hydrogen-bond acceptors (Lipinski definition) is 4. The molecule has 82 valence electrons. The lowest BCUT2D eigenvalue weighted by Gasteiger charge is -2.01. The van der Waals surface area contributed by atoms with Crippen molar-refractivity contribution < 1.29 is 9.32 Å². The molecule has 0 saturated heterocycles. The third kappa shape index (κ3) is 2.46. The molecule has 2 heterocycles. The molecule has 16 heavy (non-hydrogen) atoms. The molecule has 0 saturated carbocycles. The van der Waals surface area contributed by atoms with Crippen LogP contribution in [0.2, 0.25) is 0 Å². The molecule has 0 unspecified atom stereocenters. The Bertz CT molecular complexity index is 507. The van der Waals surface area contributed by atoms with E-state index >= 15 is 0 Å². The fourth-order valence-corrected chi connectivity index (χ4v) is 1.35. The number of nitrogens with one attached hydrogen (secondary N) is 1. The molecule has 0 aliphatic rings. The van der Waals surface area contributed by atoms with E-state index in [2.05, 4.69) is 31.4 Å². The minimum Gasteiger partial charge on any atom is -0.361 e. The fourth-order valence-electron chi connectivity index (χ4n) is 1.12. The Morgan fingerprint density at radius 3 is 2.88 bits per heavy atom. The van der Waals surface area contributed by atoms with E-state index in [0.29, 0.717) is 16.1 Å². The maximum absolute atomic E-state index is 11.6. The molecule has 1 amide bonds. The van der Waals surface area contributed by atoms with Crippen molar-refractivity contribution in [3.63, 3.8) is 0 Å². The SMILES string of the molecule is Cc1cc(C(=O)Nc2ccc(Br)nc2)no1. The minimum absolute atomic E-state index is 0.250. The lowest BCUT2D eigenvalue weighted by atomic mass is 10.3. The van der Waals surface area contributed by atoms with Crippen molar-refractivity contribution >= 4 is 27.5 Å². The largest absolute Gasteiger partial charge is 0.361 e. The first-order valence-corrected chi connectivity index (χ1v) is 5.30. The van der Waals surface area contributed by atoms with E-state index in [9.17, 15) is 4.79 Å². The van der Waals surface area contributed by atoms with Gasteiger partial charge in [0.25, 0.3) is 5.91 Å². The molecule has 0 aromatic carbocycles. The summed E-state index contributed by atoms with van der Waals surface area (Å²) in [6.07, 6.45) is 1.55. The van der Waals surface area contributed by atoms with Crippen LogP contribution in [0.15, 0.2) is 33.5 Å². The number of aromatic nitrogens is 2. The molecular formula is C10H8BrN3O2. The van der Waals surface area contributed by atoms with Gasteiger partial charge in [0.2, 0.25) is 0 Å². The van der Waals surface area contributed by atoms with Crippen LogP contribution in [0.4, 0.5) is 5.69 Å². The van der Waals surface area contributed by atoms with Gasteiger partial charge in [-0.05, 0) is 35.0 Å². The molecule has 2 aromatic rings. The lowest BCUT2D eigenvalue weighted by Crippen LogP contribution is -2.12. The summed E-state index contributed by atoms with van der Waals surface area (Å²) in [6, 6.07) is 5.05. The maximum Gasteiger partial charge on any atom is 0.277 e. The van der Waals surface area contributed by atoms with Gasteiger partial charge in [0, 0.05) is 6.07 Å². The Hall–Kier alpha value is -1.69. The van der Waals surface area contributed by atoms with Crippen molar-refractivity contribution in [1.82, 2.24) is 10.1 Å². The van der Waals surface area contributed by atoms with Gasteiger partial charge in [0.05, 0.1) is 11.9 Å². The van der Waals surface area contributed by atoms with Gasteiger partial charge in [-0.15, -0.1) is 0 Å². The second kappa shape index (κ2) is 4.44. The summed E-state index contributed by atoms with van der Waals surface area (Å²) in [5.74, 6) is 0.278. The van der Waals surface area contributed by atoms with Gasteiger partial charge in [0.1, 0.15) is 10.4 Å². The average molecular weight is 282 g/mol. The molecule has 0 aliphatic heterocycles. The van der Waals surface area contributed by atoms with Crippen molar-refractivity contribution in [2.24, 2.45) is 0 Å². The summed E-state index contributed by atoms with van der Waals surface area (Å²) in [4.78, 5) is 15.6. The first kappa shape index (κ1) is 10.8. The van der Waals surface area contributed by atoms with E-state index in [-0.39, 0.29) is 11.6 Å². The summed E-state index contributed by atoms with van der Waals surface area (Å²) < 4.78 is 5.52. The topological polar surface area (TPSA) is 68.0 Å². The van der Waals surface area contributed by atoms with Crippen LogP contribution in [0.5, 0.6) is 0 Å². The van der Waals surface area contributed by atoms with Crippen molar-refractivity contribution in [1.29, 1.82) is 0 Å². The van der Waals surface area contributed by atoms with E-state index in [1.165, 1.54) is 0 Å². The predicted octanol–water partition coefficient (Wildman–Crippen LogP) is 2.39. The summed E-state index contributed by atoms with van der Waals surface area (Å²) >= 11 is 3.21. The van der Waals surface area contributed by atoms with Gasteiger partial charge in [-0.2, -0.15) is 0 Å². The zero-order valence-corrected chi connectivity index (χ0v) is 9.98. The lowest BCUT2D eigenvalue weighted by molar-refractivity contribution is 0.101. The van der Waals surface area contributed by atoms with Crippen molar-refractivity contribution in [2.75, 3.05) is 5.32 Å². The van der Waals surface area contributed by atoms with Gasteiger partial charge >= 0.3 is 0 Å². The monoisotopic (exact) mass is 281 g/mol. The van der Waals surface area contributed by atoms with Crippen LogP contribution in [0.25, 0.3) is 0 Å². The first-order chi connectivity index (χ1) is 7.65. The number of aryl methyl sites for hydroxylation is 1. The molecule has 0 radical (unpaired) electrons. The van der Waals surface area contributed by atoms with E-state index in [1.807, 2.05) is 0 Å². The number of rotatable bonds is 2. The zero-order valence-electron chi connectivity index (χ0n) is 8.40. The number of pyridine rings is 1. The van der Waals surface area contributed by atoms with Gasteiger partial charge < -0.3 is 9.84 Å². The van der Waals surface area contributed by atoms with Gasteiger partial charge in [-0.1, -0.05) is 5.16 Å². The third-order valence-corrected chi connectivity index (χ3v) is 2.31. The molecule has 6 heteroatoms. The highest BCUT2D eigenvalue weighted by molar-refractivity contribution is 9.10. The Labute approximate surface area is 100.0 Å². The number of halogens is 1. The fraction of sp³-hybridized carbons (Fsp3) is 0.100. The van der Waals surface area contributed by atoms with E-state index < -0.39 is 0 Å². The molecule has 0 fully saturated rings.